The minimum Gasteiger partial charge on any atom is -0.396 e. The maximum absolute atomic E-state index is 5.90. The van der Waals surface area contributed by atoms with E-state index in [4.69, 9.17) is 5.73 Å². The van der Waals surface area contributed by atoms with Gasteiger partial charge in [0.15, 0.2) is 0 Å². The van der Waals surface area contributed by atoms with Crippen LogP contribution in [0.1, 0.15) is 27.7 Å². The van der Waals surface area contributed by atoms with Crippen molar-refractivity contribution in [2.75, 3.05) is 17.6 Å². The van der Waals surface area contributed by atoms with E-state index in [0.29, 0.717) is 23.4 Å². The summed E-state index contributed by atoms with van der Waals surface area (Å²) in [7, 11) is 0. The zero-order valence-electron chi connectivity index (χ0n) is 11.0. The molecular formula is C13H22BrN3. The lowest BCUT2D eigenvalue weighted by atomic mass is 9.85. The first kappa shape index (κ1) is 14.3. The number of hydrogen-bond acceptors (Lipinski definition) is 3. The number of nitrogens with one attached hydrogen (secondary N) is 1. The molecule has 1 heterocycles. The molecular weight excluding hydrogens is 278 g/mol. The molecule has 0 aliphatic carbocycles. The van der Waals surface area contributed by atoms with Crippen LogP contribution in [0.3, 0.4) is 0 Å². The Hall–Kier alpha value is -0.770. The van der Waals surface area contributed by atoms with Gasteiger partial charge < -0.3 is 11.1 Å². The van der Waals surface area contributed by atoms with Gasteiger partial charge in [-0.2, -0.15) is 0 Å². The zero-order valence-corrected chi connectivity index (χ0v) is 12.6. The normalized spacial score (nSPS) is 11.5. The molecule has 0 spiro atoms. The zero-order chi connectivity index (χ0) is 13.0. The summed E-state index contributed by atoms with van der Waals surface area (Å²) in [5.41, 5.74) is 7.54. The van der Waals surface area contributed by atoms with E-state index in [1.54, 1.807) is 12.4 Å². The third-order valence-electron chi connectivity index (χ3n) is 3.16. The van der Waals surface area contributed by atoms with Crippen LogP contribution in [0.2, 0.25) is 0 Å². The summed E-state index contributed by atoms with van der Waals surface area (Å²) in [6.07, 6.45) is 3.44. The van der Waals surface area contributed by atoms with Gasteiger partial charge in [-0.1, -0.05) is 27.7 Å². The molecule has 17 heavy (non-hydrogen) atoms. The highest BCUT2D eigenvalue weighted by atomic mass is 79.9. The van der Waals surface area contributed by atoms with Crippen LogP contribution < -0.4 is 11.1 Å². The van der Waals surface area contributed by atoms with Crippen molar-refractivity contribution in [1.82, 2.24) is 4.98 Å². The monoisotopic (exact) mass is 299 g/mol. The summed E-state index contributed by atoms with van der Waals surface area (Å²) in [6.45, 7) is 9.98. The van der Waals surface area contributed by atoms with Crippen LogP contribution in [0, 0.1) is 17.8 Å². The summed E-state index contributed by atoms with van der Waals surface area (Å²) in [6, 6.07) is 0. The highest BCUT2D eigenvalue weighted by Gasteiger charge is 2.18. The molecule has 4 heteroatoms. The first-order valence-corrected chi connectivity index (χ1v) is 6.85. The summed E-state index contributed by atoms with van der Waals surface area (Å²) in [5.74, 6) is 1.95. The van der Waals surface area contributed by atoms with Gasteiger partial charge in [0.1, 0.15) is 0 Å². The van der Waals surface area contributed by atoms with Gasteiger partial charge >= 0.3 is 0 Å². The molecule has 1 aromatic heterocycles. The molecule has 0 saturated heterocycles. The SMILES string of the molecule is CC(C)C(CNc1c(N)cncc1Br)C(C)C. The van der Waals surface area contributed by atoms with Crippen molar-refractivity contribution < 1.29 is 0 Å². The highest BCUT2D eigenvalue weighted by molar-refractivity contribution is 9.10. The molecule has 3 nitrogen and oxygen atoms in total. The second kappa shape index (κ2) is 6.24. The molecule has 0 bridgehead atoms. The lowest BCUT2D eigenvalue weighted by molar-refractivity contribution is 0.304. The topological polar surface area (TPSA) is 50.9 Å². The van der Waals surface area contributed by atoms with Crippen molar-refractivity contribution in [1.29, 1.82) is 0 Å². The van der Waals surface area contributed by atoms with Crippen LogP contribution in [0.25, 0.3) is 0 Å². The number of nitrogen functional groups attached to an aromatic ring is 1. The van der Waals surface area contributed by atoms with Crippen LogP contribution in [0.4, 0.5) is 11.4 Å². The number of pyridine rings is 1. The number of halogens is 1. The predicted octanol–water partition coefficient (Wildman–Crippen LogP) is 3.77. The van der Waals surface area contributed by atoms with Crippen molar-refractivity contribution in [3.05, 3.63) is 16.9 Å². The fourth-order valence-electron chi connectivity index (χ4n) is 2.10. The second-order valence-corrected chi connectivity index (χ2v) is 5.97. The van der Waals surface area contributed by atoms with Crippen molar-refractivity contribution in [2.24, 2.45) is 17.8 Å². The minimum absolute atomic E-state index is 0.634. The standard InChI is InChI=1S/C13H22BrN3/c1-8(2)10(9(3)4)5-17-13-11(14)6-16-7-12(13)15/h6-10H,5,15H2,1-4H3,(H,16,17). The quantitative estimate of drug-likeness (QED) is 0.870. The highest BCUT2D eigenvalue weighted by Crippen LogP contribution is 2.29. The van der Waals surface area contributed by atoms with Crippen molar-refractivity contribution >= 4 is 27.3 Å². The molecule has 96 valence electrons. The Labute approximate surface area is 112 Å². The maximum atomic E-state index is 5.90. The van der Waals surface area contributed by atoms with Crippen LogP contribution >= 0.6 is 15.9 Å². The van der Waals surface area contributed by atoms with Gasteiger partial charge in [0.2, 0.25) is 0 Å². The van der Waals surface area contributed by atoms with E-state index >= 15 is 0 Å². The maximum Gasteiger partial charge on any atom is 0.0750 e. The van der Waals surface area contributed by atoms with Crippen molar-refractivity contribution in [3.8, 4) is 0 Å². The molecule has 0 radical (unpaired) electrons. The van der Waals surface area contributed by atoms with E-state index in [2.05, 4.69) is 53.9 Å². The Kier molecular flexibility index (Phi) is 5.25. The van der Waals surface area contributed by atoms with E-state index in [-0.39, 0.29) is 0 Å². The molecule has 3 N–H and O–H groups in total. The van der Waals surface area contributed by atoms with Gasteiger partial charge in [-0.3, -0.25) is 4.98 Å². The van der Waals surface area contributed by atoms with Gasteiger partial charge in [0.05, 0.1) is 22.0 Å². The molecule has 0 amide bonds. The molecule has 1 aromatic rings. The van der Waals surface area contributed by atoms with Gasteiger partial charge in [-0.05, 0) is 33.7 Å². The number of rotatable bonds is 5. The van der Waals surface area contributed by atoms with Gasteiger partial charge in [0, 0.05) is 12.7 Å². The third-order valence-corrected chi connectivity index (χ3v) is 3.76. The minimum atomic E-state index is 0.634. The number of hydrogen-bond donors (Lipinski definition) is 2. The lowest BCUT2D eigenvalue weighted by Crippen LogP contribution is -2.25. The first-order chi connectivity index (χ1) is 7.93. The van der Waals surface area contributed by atoms with Gasteiger partial charge in [0.25, 0.3) is 0 Å². The largest absolute Gasteiger partial charge is 0.396 e. The van der Waals surface area contributed by atoms with Crippen LogP contribution in [-0.4, -0.2) is 11.5 Å². The van der Waals surface area contributed by atoms with Crippen LogP contribution in [-0.2, 0) is 0 Å². The summed E-state index contributed by atoms with van der Waals surface area (Å²) >= 11 is 3.47. The Morgan fingerprint density at radius 1 is 1.24 bits per heavy atom. The Morgan fingerprint density at radius 3 is 2.29 bits per heavy atom. The number of nitrogens with two attached hydrogens (primary N) is 1. The van der Waals surface area contributed by atoms with E-state index < -0.39 is 0 Å². The van der Waals surface area contributed by atoms with E-state index in [0.717, 1.165) is 16.7 Å². The lowest BCUT2D eigenvalue weighted by Gasteiger charge is -2.26. The van der Waals surface area contributed by atoms with E-state index in [1.807, 2.05) is 0 Å². The van der Waals surface area contributed by atoms with E-state index in [1.165, 1.54) is 0 Å². The number of anilines is 2. The van der Waals surface area contributed by atoms with Gasteiger partial charge in [-0.15, -0.1) is 0 Å². The van der Waals surface area contributed by atoms with Crippen molar-refractivity contribution in [2.45, 2.75) is 27.7 Å². The smallest absolute Gasteiger partial charge is 0.0750 e. The summed E-state index contributed by atoms with van der Waals surface area (Å²) < 4.78 is 0.920. The van der Waals surface area contributed by atoms with E-state index in [9.17, 15) is 0 Å². The molecule has 0 aliphatic heterocycles. The third kappa shape index (κ3) is 3.87. The van der Waals surface area contributed by atoms with Crippen LogP contribution in [0.15, 0.2) is 16.9 Å². The number of nitrogens with zero attached hydrogens (tertiary/aromatic N) is 1. The summed E-state index contributed by atoms with van der Waals surface area (Å²) in [5, 5.41) is 3.43. The molecule has 0 saturated carbocycles. The molecule has 0 aliphatic rings. The number of aromatic nitrogens is 1. The average molecular weight is 300 g/mol. The summed E-state index contributed by atoms with van der Waals surface area (Å²) in [4.78, 5) is 4.03. The first-order valence-electron chi connectivity index (χ1n) is 6.06. The Bertz CT molecular complexity index is 335. The van der Waals surface area contributed by atoms with Crippen molar-refractivity contribution in [3.63, 3.8) is 0 Å². The molecule has 1 rings (SSSR count). The molecule has 0 fully saturated rings. The predicted molar refractivity (Wildman–Crippen MR) is 78.0 cm³/mol. The van der Waals surface area contributed by atoms with Gasteiger partial charge in [-0.25, -0.2) is 0 Å². The Balaban J connectivity index is 2.72. The molecule has 0 unspecified atom stereocenters. The fourth-order valence-corrected chi connectivity index (χ4v) is 2.58. The average Bonchev–Trinajstić information content (AvgIpc) is 2.21. The van der Waals surface area contributed by atoms with Crippen LogP contribution in [0.5, 0.6) is 0 Å². The Morgan fingerprint density at radius 2 is 1.82 bits per heavy atom. The molecule has 0 aromatic carbocycles. The second-order valence-electron chi connectivity index (χ2n) is 5.12. The fraction of sp³-hybridized carbons (Fsp3) is 0.615. The molecule has 0 atom stereocenters.